The highest BCUT2D eigenvalue weighted by Gasteiger charge is 2.30. The molecule has 76 valence electrons. The quantitative estimate of drug-likeness (QED) is 0.831. The second-order valence-electron chi connectivity index (χ2n) is 3.61. The summed E-state index contributed by atoms with van der Waals surface area (Å²) in [5, 5.41) is 10.1. The van der Waals surface area contributed by atoms with Crippen molar-refractivity contribution >= 4 is 11.6 Å². The van der Waals surface area contributed by atoms with Crippen molar-refractivity contribution in [1.29, 1.82) is 0 Å². The summed E-state index contributed by atoms with van der Waals surface area (Å²) in [7, 11) is 0. The zero-order valence-electron chi connectivity index (χ0n) is 7.82. The summed E-state index contributed by atoms with van der Waals surface area (Å²) in [5.74, 6) is 0.539. The van der Waals surface area contributed by atoms with Crippen molar-refractivity contribution in [2.45, 2.75) is 5.92 Å². The fourth-order valence-corrected chi connectivity index (χ4v) is 2.04. The Bertz CT molecular complexity index is 310. The van der Waals surface area contributed by atoms with Gasteiger partial charge in [0.1, 0.15) is 0 Å². The van der Waals surface area contributed by atoms with Crippen LogP contribution in [0.1, 0.15) is 11.5 Å². The lowest BCUT2D eigenvalue weighted by atomic mass is 9.85. The lowest BCUT2D eigenvalue weighted by Gasteiger charge is -2.33. The summed E-state index contributed by atoms with van der Waals surface area (Å²) >= 11 is 6.07. The van der Waals surface area contributed by atoms with Gasteiger partial charge in [-0.2, -0.15) is 0 Å². The molecular weight excluding hydrogens is 200 g/mol. The second-order valence-corrected chi connectivity index (χ2v) is 4.02. The van der Waals surface area contributed by atoms with E-state index in [2.05, 4.69) is 0 Å². The maximum absolute atomic E-state index is 9.33. The predicted molar refractivity (Wildman–Crippen MR) is 55.6 cm³/mol. The molecule has 0 aliphatic carbocycles. The highest BCUT2D eigenvalue weighted by atomic mass is 35.5. The molecule has 2 rings (SSSR count). The Balaban J connectivity index is 2.22. The van der Waals surface area contributed by atoms with E-state index >= 15 is 0 Å². The van der Waals surface area contributed by atoms with Crippen molar-refractivity contribution in [1.82, 2.24) is 0 Å². The molecule has 1 aliphatic heterocycles. The summed E-state index contributed by atoms with van der Waals surface area (Å²) in [6.45, 7) is 1.60. The first kappa shape index (κ1) is 9.97. The van der Waals surface area contributed by atoms with E-state index in [4.69, 9.17) is 16.3 Å². The molecule has 1 aliphatic rings. The van der Waals surface area contributed by atoms with Crippen LogP contribution in [-0.2, 0) is 4.74 Å². The van der Waals surface area contributed by atoms with Gasteiger partial charge in [0, 0.05) is 16.9 Å². The first-order valence-electron chi connectivity index (χ1n) is 4.76. The average Bonchev–Trinajstić information content (AvgIpc) is 2.12. The van der Waals surface area contributed by atoms with Gasteiger partial charge in [0.05, 0.1) is 19.8 Å². The molecule has 0 spiro atoms. The van der Waals surface area contributed by atoms with Gasteiger partial charge < -0.3 is 9.84 Å². The molecule has 0 radical (unpaired) electrons. The largest absolute Gasteiger partial charge is 0.396 e. The SMILES string of the molecule is OCC(c1ccccc1Cl)C1COC1. The lowest BCUT2D eigenvalue weighted by molar-refractivity contribution is -0.0527. The van der Waals surface area contributed by atoms with Crippen molar-refractivity contribution in [2.75, 3.05) is 19.8 Å². The topological polar surface area (TPSA) is 29.5 Å². The first-order valence-corrected chi connectivity index (χ1v) is 5.13. The van der Waals surface area contributed by atoms with E-state index in [-0.39, 0.29) is 12.5 Å². The van der Waals surface area contributed by atoms with E-state index in [1.165, 1.54) is 0 Å². The van der Waals surface area contributed by atoms with E-state index in [9.17, 15) is 5.11 Å². The fourth-order valence-electron chi connectivity index (χ4n) is 1.76. The number of ether oxygens (including phenoxy) is 1. The highest BCUT2D eigenvalue weighted by Crippen LogP contribution is 2.33. The van der Waals surface area contributed by atoms with Crippen molar-refractivity contribution in [2.24, 2.45) is 5.92 Å². The summed E-state index contributed by atoms with van der Waals surface area (Å²) in [6, 6.07) is 7.68. The van der Waals surface area contributed by atoms with Gasteiger partial charge in [-0.3, -0.25) is 0 Å². The van der Waals surface area contributed by atoms with Gasteiger partial charge >= 0.3 is 0 Å². The van der Waals surface area contributed by atoms with Gasteiger partial charge in [0.15, 0.2) is 0 Å². The molecule has 1 atom stereocenters. The monoisotopic (exact) mass is 212 g/mol. The minimum Gasteiger partial charge on any atom is -0.396 e. The van der Waals surface area contributed by atoms with E-state index in [1.807, 2.05) is 24.3 Å². The summed E-state index contributed by atoms with van der Waals surface area (Å²) in [6.07, 6.45) is 0. The van der Waals surface area contributed by atoms with Crippen LogP contribution in [0.15, 0.2) is 24.3 Å². The third kappa shape index (κ3) is 1.78. The van der Waals surface area contributed by atoms with Gasteiger partial charge in [0.25, 0.3) is 0 Å². The van der Waals surface area contributed by atoms with Crippen LogP contribution in [0.25, 0.3) is 0 Å². The smallest absolute Gasteiger partial charge is 0.0523 e. The first-order chi connectivity index (χ1) is 6.83. The molecule has 1 heterocycles. The Morgan fingerprint density at radius 2 is 2.14 bits per heavy atom. The van der Waals surface area contributed by atoms with E-state index in [0.717, 1.165) is 23.8 Å². The molecular formula is C11H13ClO2. The van der Waals surface area contributed by atoms with Gasteiger partial charge in [-0.25, -0.2) is 0 Å². The molecule has 0 bridgehead atoms. The highest BCUT2D eigenvalue weighted by molar-refractivity contribution is 6.31. The Kier molecular flexibility index (Phi) is 3.06. The van der Waals surface area contributed by atoms with E-state index < -0.39 is 0 Å². The average molecular weight is 213 g/mol. The molecule has 1 saturated heterocycles. The lowest BCUT2D eigenvalue weighted by Crippen LogP contribution is -2.34. The van der Waals surface area contributed by atoms with Crippen LogP contribution in [0, 0.1) is 5.92 Å². The second kappa shape index (κ2) is 4.30. The van der Waals surface area contributed by atoms with Crippen LogP contribution in [0.4, 0.5) is 0 Å². The molecule has 0 amide bonds. The molecule has 0 aromatic heterocycles. The van der Waals surface area contributed by atoms with Crippen LogP contribution in [0.3, 0.4) is 0 Å². The van der Waals surface area contributed by atoms with Crippen molar-refractivity contribution in [3.8, 4) is 0 Å². The maximum Gasteiger partial charge on any atom is 0.0523 e. The van der Waals surface area contributed by atoms with Crippen LogP contribution >= 0.6 is 11.6 Å². The number of hydrogen-bond donors (Lipinski definition) is 1. The zero-order chi connectivity index (χ0) is 9.97. The number of rotatable bonds is 3. The summed E-state index contributed by atoms with van der Waals surface area (Å²) < 4.78 is 5.12. The predicted octanol–water partition coefficient (Wildman–Crippen LogP) is 2.06. The normalized spacial score (nSPS) is 19.0. The van der Waals surface area contributed by atoms with E-state index in [0.29, 0.717) is 5.92 Å². The minimum atomic E-state index is 0.123. The molecule has 14 heavy (non-hydrogen) atoms. The number of halogens is 1. The molecule has 1 fully saturated rings. The number of aliphatic hydroxyl groups is 1. The number of benzene rings is 1. The Hall–Kier alpha value is -0.570. The van der Waals surface area contributed by atoms with Crippen LogP contribution in [0.5, 0.6) is 0 Å². The standard InChI is InChI=1S/C11H13ClO2/c12-11-4-2-1-3-9(11)10(5-13)8-6-14-7-8/h1-4,8,10,13H,5-7H2. The number of aliphatic hydroxyl groups excluding tert-OH is 1. The van der Waals surface area contributed by atoms with Crippen LogP contribution in [0.2, 0.25) is 5.02 Å². The summed E-state index contributed by atoms with van der Waals surface area (Å²) in [5.41, 5.74) is 1.03. The van der Waals surface area contributed by atoms with Crippen LogP contribution in [-0.4, -0.2) is 24.9 Å². The number of hydrogen-bond acceptors (Lipinski definition) is 2. The maximum atomic E-state index is 9.33. The molecule has 3 heteroatoms. The zero-order valence-corrected chi connectivity index (χ0v) is 8.57. The Morgan fingerprint density at radius 1 is 1.43 bits per heavy atom. The van der Waals surface area contributed by atoms with Gasteiger partial charge in [-0.15, -0.1) is 0 Å². The molecule has 1 aromatic carbocycles. The Labute approximate surface area is 88.5 Å². The molecule has 1 unspecified atom stereocenters. The third-order valence-electron chi connectivity index (χ3n) is 2.73. The Morgan fingerprint density at radius 3 is 2.64 bits per heavy atom. The van der Waals surface area contributed by atoms with Gasteiger partial charge in [-0.1, -0.05) is 29.8 Å². The molecule has 1 aromatic rings. The third-order valence-corrected chi connectivity index (χ3v) is 3.08. The summed E-state index contributed by atoms with van der Waals surface area (Å²) in [4.78, 5) is 0. The van der Waals surface area contributed by atoms with Gasteiger partial charge in [-0.05, 0) is 11.6 Å². The fraction of sp³-hybridized carbons (Fsp3) is 0.455. The van der Waals surface area contributed by atoms with E-state index in [1.54, 1.807) is 0 Å². The molecule has 0 saturated carbocycles. The molecule has 2 nitrogen and oxygen atoms in total. The van der Waals surface area contributed by atoms with Crippen molar-refractivity contribution in [3.63, 3.8) is 0 Å². The van der Waals surface area contributed by atoms with Gasteiger partial charge in [0.2, 0.25) is 0 Å². The minimum absolute atomic E-state index is 0.123. The van der Waals surface area contributed by atoms with Crippen molar-refractivity contribution in [3.05, 3.63) is 34.9 Å². The molecule has 1 N–H and O–H groups in total. The van der Waals surface area contributed by atoms with Crippen LogP contribution < -0.4 is 0 Å². The van der Waals surface area contributed by atoms with Crippen molar-refractivity contribution < 1.29 is 9.84 Å².